The molecule has 1 heterocycles. The van der Waals surface area contributed by atoms with Gasteiger partial charge in [0.2, 0.25) is 5.91 Å². The second-order valence-electron chi connectivity index (χ2n) is 3.85. The van der Waals surface area contributed by atoms with E-state index in [0.717, 1.165) is 5.56 Å². The smallest absolute Gasteiger partial charge is 0.251 e. The highest BCUT2D eigenvalue weighted by Crippen LogP contribution is 2.05. The number of rotatable bonds is 5. The van der Waals surface area contributed by atoms with Gasteiger partial charge in [-0.3, -0.25) is 9.69 Å². The number of nitrogens with one attached hydrogen (secondary N) is 1. The number of pyridine rings is 1. The van der Waals surface area contributed by atoms with E-state index in [1.807, 2.05) is 6.92 Å². The number of carbonyl (C=O) groups excluding carboxylic acids is 1. The zero-order valence-electron chi connectivity index (χ0n) is 9.78. The number of hydrogen-bond donors (Lipinski definition) is 1. The molecule has 0 saturated heterocycles. The topological polar surface area (TPSA) is 45.2 Å². The minimum absolute atomic E-state index is 0.0834. The third-order valence-electron chi connectivity index (χ3n) is 2.05. The molecule has 6 heteroatoms. The van der Waals surface area contributed by atoms with Crippen LogP contribution in [0.3, 0.4) is 0 Å². The molecule has 0 aromatic carbocycles. The largest absolute Gasteiger partial charge is 0.310 e. The fourth-order valence-corrected chi connectivity index (χ4v) is 1.33. The molecule has 1 N–H and O–H groups in total. The van der Waals surface area contributed by atoms with Gasteiger partial charge in [0.1, 0.15) is 5.82 Å². The molecular formula is C11H15F2N3O. The lowest BCUT2D eigenvalue weighted by Gasteiger charge is -2.15. The fourth-order valence-electron chi connectivity index (χ4n) is 1.33. The standard InChI is InChI=1S/C11H15F2N3O/c1-8-3-4-14-10(5-8)15-11(17)7-16(2)6-9(12)13/h3-5,9H,6-7H2,1-2H3,(H,14,15,17). The molecule has 0 aliphatic rings. The number of hydrogen-bond acceptors (Lipinski definition) is 3. The number of anilines is 1. The van der Waals surface area contributed by atoms with E-state index in [-0.39, 0.29) is 12.5 Å². The third-order valence-corrected chi connectivity index (χ3v) is 2.05. The summed E-state index contributed by atoms with van der Waals surface area (Å²) in [6.45, 7) is 1.37. The molecule has 17 heavy (non-hydrogen) atoms. The SMILES string of the molecule is Cc1ccnc(NC(=O)CN(C)CC(F)F)c1. The number of halogens is 2. The van der Waals surface area contributed by atoms with E-state index in [4.69, 9.17) is 0 Å². The van der Waals surface area contributed by atoms with Gasteiger partial charge in [0.25, 0.3) is 6.43 Å². The number of alkyl halides is 2. The van der Waals surface area contributed by atoms with Crippen LogP contribution in [0.25, 0.3) is 0 Å². The highest BCUT2D eigenvalue weighted by atomic mass is 19.3. The first-order chi connectivity index (χ1) is 7.97. The predicted molar refractivity (Wildman–Crippen MR) is 61.1 cm³/mol. The molecule has 0 aliphatic carbocycles. The highest BCUT2D eigenvalue weighted by molar-refractivity contribution is 5.91. The van der Waals surface area contributed by atoms with Crippen molar-refractivity contribution in [2.24, 2.45) is 0 Å². The molecule has 0 aliphatic heterocycles. The highest BCUT2D eigenvalue weighted by Gasteiger charge is 2.11. The Bertz CT molecular complexity index is 385. The number of carbonyl (C=O) groups is 1. The molecule has 0 atom stereocenters. The van der Waals surface area contributed by atoms with Crippen LogP contribution in [-0.2, 0) is 4.79 Å². The quantitative estimate of drug-likeness (QED) is 0.853. The molecule has 0 radical (unpaired) electrons. The minimum Gasteiger partial charge on any atom is -0.310 e. The van der Waals surface area contributed by atoms with Crippen LogP contribution in [0.15, 0.2) is 18.3 Å². The average molecular weight is 243 g/mol. The Morgan fingerprint density at radius 1 is 1.59 bits per heavy atom. The summed E-state index contributed by atoms with van der Waals surface area (Å²) in [5.74, 6) is 0.0756. The lowest BCUT2D eigenvalue weighted by molar-refractivity contribution is -0.117. The van der Waals surface area contributed by atoms with E-state index in [0.29, 0.717) is 5.82 Å². The van der Waals surface area contributed by atoms with Crippen molar-refractivity contribution in [3.63, 3.8) is 0 Å². The van der Waals surface area contributed by atoms with Crippen molar-refractivity contribution in [2.75, 3.05) is 25.5 Å². The van der Waals surface area contributed by atoms with Crippen molar-refractivity contribution >= 4 is 11.7 Å². The van der Waals surface area contributed by atoms with E-state index in [2.05, 4.69) is 10.3 Å². The van der Waals surface area contributed by atoms with E-state index < -0.39 is 13.0 Å². The van der Waals surface area contributed by atoms with Crippen LogP contribution in [0.4, 0.5) is 14.6 Å². The van der Waals surface area contributed by atoms with Crippen molar-refractivity contribution in [1.29, 1.82) is 0 Å². The van der Waals surface area contributed by atoms with E-state index in [1.54, 1.807) is 18.3 Å². The summed E-state index contributed by atoms with van der Waals surface area (Å²) in [5.41, 5.74) is 0.969. The lowest BCUT2D eigenvalue weighted by Crippen LogP contribution is -2.33. The normalized spacial score (nSPS) is 10.9. The van der Waals surface area contributed by atoms with Gasteiger partial charge < -0.3 is 5.32 Å². The zero-order valence-corrected chi connectivity index (χ0v) is 9.78. The molecule has 0 fully saturated rings. The summed E-state index contributed by atoms with van der Waals surface area (Å²) < 4.78 is 24.1. The first-order valence-electron chi connectivity index (χ1n) is 5.16. The molecule has 1 aromatic heterocycles. The van der Waals surface area contributed by atoms with Crippen LogP contribution in [-0.4, -0.2) is 42.4 Å². The predicted octanol–water partition coefficient (Wildman–Crippen LogP) is 1.53. The van der Waals surface area contributed by atoms with Crippen LogP contribution in [0.5, 0.6) is 0 Å². The van der Waals surface area contributed by atoms with E-state index in [9.17, 15) is 13.6 Å². The van der Waals surface area contributed by atoms with Gasteiger partial charge in [-0.25, -0.2) is 13.8 Å². The number of nitrogens with zero attached hydrogens (tertiary/aromatic N) is 2. The summed E-state index contributed by atoms with van der Waals surface area (Å²) in [6, 6.07) is 3.52. The molecule has 94 valence electrons. The Morgan fingerprint density at radius 2 is 2.29 bits per heavy atom. The Balaban J connectivity index is 2.44. The number of likely N-dealkylation sites (N-methyl/N-ethyl adjacent to an activating group) is 1. The van der Waals surface area contributed by atoms with Crippen molar-refractivity contribution < 1.29 is 13.6 Å². The monoisotopic (exact) mass is 243 g/mol. The minimum atomic E-state index is -2.44. The first-order valence-corrected chi connectivity index (χ1v) is 5.16. The summed E-state index contributed by atoms with van der Waals surface area (Å²) in [4.78, 5) is 16.7. The first kappa shape index (κ1) is 13.5. The molecule has 0 saturated carbocycles. The number of amides is 1. The van der Waals surface area contributed by atoms with Crippen molar-refractivity contribution in [3.8, 4) is 0 Å². The molecule has 1 amide bonds. The van der Waals surface area contributed by atoms with Crippen molar-refractivity contribution in [1.82, 2.24) is 9.88 Å². The molecule has 1 rings (SSSR count). The maximum atomic E-state index is 12.0. The second kappa shape index (κ2) is 6.24. The van der Waals surface area contributed by atoms with E-state index in [1.165, 1.54) is 11.9 Å². The van der Waals surface area contributed by atoms with Gasteiger partial charge in [-0.2, -0.15) is 0 Å². The molecule has 0 spiro atoms. The van der Waals surface area contributed by atoms with E-state index >= 15 is 0 Å². The zero-order chi connectivity index (χ0) is 12.8. The number of aromatic nitrogens is 1. The maximum absolute atomic E-state index is 12.0. The van der Waals surface area contributed by atoms with Crippen LogP contribution in [0.1, 0.15) is 5.56 Å². The molecule has 0 bridgehead atoms. The summed E-state index contributed by atoms with van der Waals surface area (Å²) >= 11 is 0. The summed E-state index contributed by atoms with van der Waals surface area (Å²) in [6.07, 6.45) is -0.863. The Labute approximate surface area is 98.6 Å². The van der Waals surface area contributed by atoms with Gasteiger partial charge in [0.15, 0.2) is 0 Å². The van der Waals surface area contributed by atoms with Gasteiger partial charge in [-0.05, 0) is 31.7 Å². The van der Waals surface area contributed by atoms with Crippen molar-refractivity contribution in [3.05, 3.63) is 23.9 Å². The Kier molecular flexibility index (Phi) is 4.96. The Morgan fingerprint density at radius 3 is 2.88 bits per heavy atom. The second-order valence-corrected chi connectivity index (χ2v) is 3.85. The third kappa shape index (κ3) is 5.35. The van der Waals surface area contributed by atoms with Crippen LogP contribution in [0, 0.1) is 6.92 Å². The van der Waals surface area contributed by atoms with Crippen LogP contribution < -0.4 is 5.32 Å². The summed E-state index contributed by atoms with van der Waals surface area (Å²) in [5, 5.41) is 2.55. The fraction of sp³-hybridized carbons (Fsp3) is 0.455. The molecule has 0 unspecified atom stereocenters. The average Bonchev–Trinajstić information content (AvgIpc) is 2.14. The maximum Gasteiger partial charge on any atom is 0.251 e. The summed E-state index contributed by atoms with van der Waals surface area (Å²) in [7, 11) is 1.47. The Hall–Kier alpha value is -1.56. The van der Waals surface area contributed by atoms with Crippen LogP contribution >= 0.6 is 0 Å². The van der Waals surface area contributed by atoms with Gasteiger partial charge >= 0.3 is 0 Å². The van der Waals surface area contributed by atoms with Gasteiger partial charge in [0, 0.05) is 6.20 Å². The van der Waals surface area contributed by atoms with Gasteiger partial charge in [0.05, 0.1) is 13.1 Å². The van der Waals surface area contributed by atoms with Crippen LogP contribution in [0.2, 0.25) is 0 Å². The lowest BCUT2D eigenvalue weighted by atomic mass is 10.3. The molecule has 1 aromatic rings. The molecule has 4 nitrogen and oxygen atoms in total. The molecular weight excluding hydrogens is 228 g/mol. The van der Waals surface area contributed by atoms with Gasteiger partial charge in [-0.15, -0.1) is 0 Å². The van der Waals surface area contributed by atoms with Gasteiger partial charge in [-0.1, -0.05) is 0 Å². The number of aryl methyl sites for hydroxylation is 1. The van der Waals surface area contributed by atoms with Crippen molar-refractivity contribution in [2.45, 2.75) is 13.3 Å².